The molecule has 22 heavy (non-hydrogen) atoms. The predicted octanol–water partition coefficient (Wildman–Crippen LogP) is 1.69. The van der Waals surface area contributed by atoms with Crippen molar-refractivity contribution in [2.45, 2.75) is 30.4 Å². The Hall–Kier alpha value is -1.28. The van der Waals surface area contributed by atoms with Crippen LogP contribution in [0.25, 0.3) is 0 Å². The van der Waals surface area contributed by atoms with Gasteiger partial charge in [0.2, 0.25) is 0 Å². The van der Waals surface area contributed by atoms with Crippen LogP contribution in [0.2, 0.25) is 0 Å². The van der Waals surface area contributed by atoms with E-state index >= 15 is 0 Å². The molecule has 1 aromatic rings. The molecule has 0 fully saturated rings. The zero-order chi connectivity index (χ0) is 17.0. The minimum atomic E-state index is -3.71. The van der Waals surface area contributed by atoms with E-state index in [1.807, 2.05) is 0 Å². The first-order chi connectivity index (χ1) is 10.2. The zero-order valence-electron chi connectivity index (χ0n) is 13.2. The number of rotatable bonds is 8. The Balaban J connectivity index is 3.02. The topological polar surface area (TPSA) is 86.7 Å². The summed E-state index contributed by atoms with van der Waals surface area (Å²) in [6.07, 6.45) is 0.0318. The first-order valence-electron chi connectivity index (χ1n) is 6.81. The summed E-state index contributed by atoms with van der Waals surface area (Å²) in [7, 11) is -4.23. The molecular weight excluding hydrogens is 328 g/mol. The van der Waals surface area contributed by atoms with Gasteiger partial charge < -0.3 is 9.47 Å². The van der Waals surface area contributed by atoms with Crippen LogP contribution in [0.1, 0.15) is 20.3 Å². The Morgan fingerprint density at radius 2 is 1.45 bits per heavy atom. The van der Waals surface area contributed by atoms with Crippen LogP contribution in [0.3, 0.4) is 0 Å². The van der Waals surface area contributed by atoms with E-state index in [1.165, 1.54) is 26.4 Å². The fraction of sp³-hybridized carbons (Fsp3) is 0.571. The molecule has 0 aliphatic rings. The molecule has 0 amide bonds. The second-order valence-electron chi connectivity index (χ2n) is 5.08. The van der Waals surface area contributed by atoms with Crippen LogP contribution in [0.5, 0.6) is 11.5 Å². The molecule has 0 saturated heterocycles. The quantitative estimate of drug-likeness (QED) is 0.709. The molecule has 0 aromatic heterocycles. The van der Waals surface area contributed by atoms with Gasteiger partial charge in [-0.1, -0.05) is 6.07 Å². The van der Waals surface area contributed by atoms with Crippen LogP contribution < -0.4 is 9.47 Å². The number of benzene rings is 1. The van der Waals surface area contributed by atoms with E-state index in [0.717, 1.165) is 0 Å². The first-order valence-corrected chi connectivity index (χ1v) is 10.2. The lowest BCUT2D eigenvalue weighted by atomic mass is 10.3. The Labute approximate surface area is 132 Å². The van der Waals surface area contributed by atoms with Crippen LogP contribution in [-0.2, 0) is 19.7 Å². The van der Waals surface area contributed by atoms with Gasteiger partial charge in [0.15, 0.2) is 24.6 Å². The van der Waals surface area contributed by atoms with Crippen LogP contribution in [-0.4, -0.2) is 47.8 Å². The van der Waals surface area contributed by atoms with Crippen molar-refractivity contribution in [3.8, 4) is 11.5 Å². The van der Waals surface area contributed by atoms with Gasteiger partial charge in [-0.25, -0.2) is 16.8 Å². The molecule has 0 radical (unpaired) electrons. The molecule has 0 aliphatic heterocycles. The summed E-state index contributed by atoms with van der Waals surface area (Å²) < 4.78 is 58.7. The summed E-state index contributed by atoms with van der Waals surface area (Å²) >= 11 is 0. The molecule has 6 nitrogen and oxygen atoms in total. The lowest BCUT2D eigenvalue weighted by Gasteiger charge is -2.13. The number of ether oxygens (including phenoxy) is 2. The summed E-state index contributed by atoms with van der Waals surface area (Å²) in [4.78, 5) is -0.0399. The zero-order valence-corrected chi connectivity index (χ0v) is 14.8. The highest BCUT2D eigenvalue weighted by molar-refractivity contribution is 7.92. The summed E-state index contributed by atoms with van der Waals surface area (Å²) in [6.45, 7) is 3.15. The molecule has 0 bridgehead atoms. The van der Waals surface area contributed by atoms with Crippen molar-refractivity contribution in [1.82, 2.24) is 0 Å². The van der Waals surface area contributed by atoms with Crippen molar-refractivity contribution < 1.29 is 26.3 Å². The molecule has 126 valence electrons. The highest BCUT2D eigenvalue weighted by Gasteiger charge is 2.25. The van der Waals surface area contributed by atoms with Crippen molar-refractivity contribution in [3.63, 3.8) is 0 Å². The summed E-state index contributed by atoms with van der Waals surface area (Å²) in [5.41, 5.74) is 0. The van der Waals surface area contributed by atoms with Crippen molar-refractivity contribution in [3.05, 3.63) is 18.2 Å². The molecule has 0 saturated carbocycles. The number of hydrogen-bond acceptors (Lipinski definition) is 6. The fourth-order valence-corrected chi connectivity index (χ4v) is 4.76. The van der Waals surface area contributed by atoms with E-state index in [2.05, 4.69) is 0 Å². The van der Waals surface area contributed by atoms with E-state index in [4.69, 9.17) is 9.47 Å². The Bertz CT molecular complexity index is 683. The second kappa shape index (κ2) is 7.32. The molecule has 1 rings (SSSR count). The summed E-state index contributed by atoms with van der Waals surface area (Å²) in [6, 6.07) is 4.68. The third kappa shape index (κ3) is 4.36. The Kier molecular flexibility index (Phi) is 6.25. The van der Waals surface area contributed by atoms with Crippen LogP contribution >= 0.6 is 0 Å². The Morgan fingerprint density at radius 1 is 0.955 bits per heavy atom. The minimum absolute atomic E-state index is 0.0318. The number of methoxy groups -OCH3 is 2. The lowest BCUT2D eigenvalue weighted by molar-refractivity contribution is 0.373. The maximum atomic E-state index is 12.5. The molecule has 0 aliphatic carbocycles. The van der Waals surface area contributed by atoms with Gasteiger partial charge in [0, 0.05) is 0 Å². The molecular formula is C14H22O6S2. The van der Waals surface area contributed by atoms with Gasteiger partial charge in [-0.2, -0.15) is 0 Å². The van der Waals surface area contributed by atoms with Crippen molar-refractivity contribution in [2.75, 3.05) is 25.7 Å². The average Bonchev–Trinajstić information content (AvgIpc) is 2.45. The Morgan fingerprint density at radius 3 is 1.86 bits per heavy atom. The number of sulfone groups is 2. The van der Waals surface area contributed by atoms with Crippen LogP contribution in [0.4, 0.5) is 0 Å². The second-order valence-corrected chi connectivity index (χ2v) is 9.80. The maximum absolute atomic E-state index is 12.5. The van der Waals surface area contributed by atoms with Crippen molar-refractivity contribution in [1.29, 1.82) is 0 Å². The highest BCUT2D eigenvalue weighted by atomic mass is 32.2. The molecule has 0 heterocycles. The largest absolute Gasteiger partial charge is 0.495 e. The molecule has 0 N–H and O–H groups in total. The van der Waals surface area contributed by atoms with E-state index in [-0.39, 0.29) is 34.3 Å². The smallest absolute Gasteiger partial charge is 0.185 e. The molecule has 0 atom stereocenters. The van der Waals surface area contributed by atoms with Crippen LogP contribution in [0, 0.1) is 0 Å². The van der Waals surface area contributed by atoms with E-state index in [0.29, 0.717) is 0 Å². The van der Waals surface area contributed by atoms with Crippen LogP contribution in [0.15, 0.2) is 23.1 Å². The molecule has 1 aromatic carbocycles. The molecule has 0 spiro atoms. The first kappa shape index (κ1) is 18.8. The maximum Gasteiger partial charge on any atom is 0.185 e. The number of hydrogen-bond donors (Lipinski definition) is 0. The minimum Gasteiger partial charge on any atom is -0.495 e. The SMILES string of the molecule is COc1cccc(OC)c1S(=O)(=O)CCCS(=O)(=O)C(C)C. The molecule has 0 unspecified atom stereocenters. The van der Waals surface area contributed by atoms with Gasteiger partial charge >= 0.3 is 0 Å². The normalized spacial score (nSPS) is 12.4. The third-order valence-corrected chi connectivity index (χ3v) is 7.40. The predicted molar refractivity (Wildman–Crippen MR) is 85.1 cm³/mol. The van der Waals surface area contributed by atoms with Crippen molar-refractivity contribution >= 4 is 19.7 Å². The molecule has 8 heteroatoms. The fourth-order valence-electron chi connectivity index (χ4n) is 1.91. The highest BCUT2D eigenvalue weighted by Crippen LogP contribution is 2.34. The van der Waals surface area contributed by atoms with Crippen molar-refractivity contribution in [2.24, 2.45) is 0 Å². The van der Waals surface area contributed by atoms with Gasteiger partial charge in [-0.3, -0.25) is 0 Å². The summed E-state index contributed by atoms with van der Waals surface area (Å²) in [5.74, 6) is -0.0750. The van der Waals surface area contributed by atoms with Gasteiger partial charge in [-0.15, -0.1) is 0 Å². The van der Waals surface area contributed by atoms with Gasteiger partial charge in [0.1, 0.15) is 11.5 Å². The van der Waals surface area contributed by atoms with Gasteiger partial charge in [0.25, 0.3) is 0 Å². The van der Waals surface area contributed by atoms with E-state index < -0.39 is 24.9 Å². The monoisotopic (exact) mass is 350 g/mol. The summed E-state index contributed by atoms with van der Waals surface area (Å²) in [5, 5.41) is -0.518. The van der Waals surface area contributed by atoms with Gasteiger partial charge in [0.05, 0.1) is 31.0 Å². The van der Waals surface area contributed by atoms with E-state index in [1.54, 1.807) is 19.9 Å². The lowest BCUT2D eigenvalue weighted by Crippen LogP contribution is -2.20. The third-order valence-electron chi connectivity index (χ3n) is 3.25. The van der Waals surface area contributed by atoms with E-state index in [9.17, 15) is 16.8 Å². The standard InChI is InChI=1S/C14H22O6S2/c1-11(2)21(15,16)9-6-10-22(17,18)14-12(19-3)7-5-8-13(14)20-4/h5,7-8,11H,6,9-10H2,1-4H3. The van der Waals surface area contributed by atoms with Gasteiger partial charge in [-0.05, 0) is 32.4 Å². The average molecular weight is 350 g/mol.